The number of thioether (sulfide) groups is 1. The van der Waals surface area contributed by atoms with E-state index in [0.29, 0.717) is 6.61 Å². The Kier molecular flexibility index (Phi) is 12.5. The minimum Gasteiger partial charge on any atom is -0.469 e. The summed E-state index contributed by atoms with van der Waals surface area (Å²) in [7, 11) is 1.71. The van der Waals surface area contributed by atoms with E-state index in [0.717, 1.165) is 44.2 Å². The van der Waals surface area contributed by atoms with Crippen LogP contribution in [-0.4, -0.2) is 51.3 Å². The molecular weight excluding hydrogens is 310 g/mol. The molecule has 1 heterocycles. The molecule has 6 heteroatoms. The lowest BCUT2D eigenvalue weighted by Crippen LogP contribution is -2.40. The van der Waals surface area contributed by atoms with E-state index < -0.39 is 0 Å². The summed E-state index contributed by atoms with van der Waals surface area (Å²) in [5.41, 5.74) is 0. The van der Waals surface area contributed by atoms with E-state index in [1.165, 1.54) is 25.0 Å². The third-order valence-electron chi connectivity index (χ3n) is 3.37. The number of hydrogen-bond donors (Lipinski definition) is 2. The zero-order chi connectivity index (χ0) is 16.6. The number of aliphatic imine (C=N–C) groups is 1. The molecule has 5 nitrogen and oxygen atoms in total. The number of guanidine groups is 1. The first-order valence-corrected chi connectivity index (χ1v) is 9.78. The second kappa shape index (κ2) is 14.5. The third-order valence-corrected chi connectivity index (χ3v) is 4.07. The van der Waals surface area contributed by atoms with Gasteiger partial charge in [0.05, 0.1) is 12.9 Å². The summed E-state index contributed by atoms with van der Waals surface area (Å²) < 4.78 is 10.4. The van der Waals surface area contributed by atoms with E-state index in [1.54, 1.807) is 13.4 Å². The molecular formula is C17H31N3O2S. The highest BCUT2D eigenvalue weighted by Crippen LogP contribution is 2.04. The molecule has 0 saturated carbocycles. The van der Waals surface area contributed by atoms with Gasteiger partial charge in [-0.1, -0.05) is 12.8 Å². The van der Waals surface area contributed by atoms with Crippen molar-refractivity contribution in [2.24, 2.45) is 4.99 Å². The maximum Gasteiger partial charge on any atom is 0.191 e. The van der Waals surface area contributed by atoms with Crippen molar-refractivity contribution in [2.45, 2.75) is 32.1 Å². The summed E-state index contributed by atoms with van der Waals surface area (Å²) >= 11 is 1.92. The van der Waals surface area contributed by atoms with Gasteiger partial charge in [0, 0.05) is 33.2 Å². The standard InChI is InChI=1S/C17H31N3O2S/c1-21-14-12-20-17(18-10-5-3-4-6-15-23-2)19-11-9-16-8-7-13-22-16/h7-8,13H,3-6,9-12,14-15H2,1-2H3,(H2,18,19,20). The summed E-state index contributed by atoms with van der Waals surface area (Å²) in [6, 6.07) is 3.91. The fourth-order valence-corrected chi connectivity index (χ4v) is 2.60. The molecule has 0 aliphatic heterocycles. The smallest absolute Gasteiger partial charge is 0.191 e. The minimum absolute atomic E-state index is 0.674. The van der Waals surface area contributed by atoms with Crippen LogP contribution in [0.2, 0.25) is 0 Å². The van der Waals surface area contributed by atoms with E-state index in [4.69, 9.17) is 9.15 Å². The second-order valence-electron chi connectivity index (χ2n) is 5.31. The quantitative estimate of drug-likeness (QED) is 0.328. The average Bonchev–Trinajstić information content (AvgIpc) is 3.07. The molecule has 2 N–H and O–H groups in total. The summed E-state index contributed by atoms with van der Waals surface area (Å²) in [6.45, 7) is 3.10. The Hall–Kier alpha value is -1.14. The predicted octanol–water partition coefficient (Wildman–Crippen LogP) is 2.93. The van der Waals surface area contributed by atoms with Crippen molar-refractivity contribution in [3.8, 4) is 0 Å². The van der Waals surface area contributed by atoms with Crippen LogP contribution >= 0.6 is 11.8 Å². The van der Waals surface area contributed by atoms with Gasteiger partial charge in [-0.3, -0.25) is 4.99 Å². The van der Waals surface area contributed by atoms with Gasteiger partial charge >= 0.3 is 0 Å². The molecule has 23 heavy (non-hydrogen) atoms. The lowest BCUT2D eigenvalue weighted by atomic mass is 10.2. The van der Waals surface area contributed by atoms with Gasteiger partial charge in [-0.25, -0.2) is 0 Å². The molecule has 132 valence electrons. The molecule has 0 radical (unpaired) electrons. The monoisotopic (exact) mass is 341 g/mol. The highest BCUT2D eigenvalue weighted by Gasteiger charge is 2.00. The molecule has 0 fully saturated rings. The van der Waals surface area contributed by atoms with E-state index in [1.807, 2.05) is 23.9 Å². The lowest BCUT2D eigenvalue weighted by Gasteiger charge is -2.12. The molecule has 0 aromatic carbocycles. The molecule has 0 aliphatic carbocycles. The van der Waals surface area contributed by atoms with Crippen LogP contribution in [0.4, 0.5) is 0 Å². The Balaban J connectivity index is 2.21. The number of nitrogens with zero attached hydrogens (tertiary/aromatic N) is 1. The van der Waals surface area contributed by atoms with E-state index in [-0.39, 0.29) is 0 Å². The minimum atomic E-state index is 0.674. The van der Waals surface area contributed by atoms with Gasteiger partial charge in [0.2, 0.25) is 0 Å². The molecule has 0 amide bonds. The van der Waals surface area contributed by atoms with Gasteiger partial charge in [-0.05, 0) is 37.0 Å². The van der Waals surface area contributed by atoms with Crippen molar-refractivity contribution < 1.29 is 9.15 Å². The fourth-order valence-electron chi connectivity index (χ4n) is 2.11. The van der Waals surface area contributed by atoms with Crippen LogP contribution in [0.15, 0.2) is 27.8 Å². The topological polar surface area (TPSA) is 58.8 Å². The molecule has 0 atom stereocenters. The third kappa shape index (κ3) is 11.1. The number of unbranched alkanes of at least 4 members (excludes halogenated alkanes) is 3. The number of furan rings is 1. The fraction of sp³-hybridized carbons (Fsp3) is 0.706. The lowest BCUT2D eigenvalue weighted by molar-refractivity contribution is 0.203. The Bertz CT molecular complexity index is 397. The van der Waals surface area contributed by atoms with Crippen LogP contribution in [0.25, 0.3) is 0 Å². The van der Waals surface area contributed by atoms with Gasteiger partial charge < -0.3 is 19.8 Å². The van der Waals surface area contributed by atoms with Crippen molar-refractivity contribution in [1.82, 2.24) is 10.6 Å². The van der Waals surface area contributed by atoms with E-state index >= 15 is 0 Å². The summed E-state index contributed by atoms with van der Waals surface area (Å²) in [5, 5.41) is 6.64. The van der Waals surface area contributed by atoms with Crippen LogP contribution in [-0.2, 0) is 11.2 Å². The normalized spacial score (nSPS) is 11.7. The molecule has 0 unspecified atom stereocenters. The molecule has 1 rings (SSSR count). The van der Waals surface area contributed by atoms with Crippen molar-refractivity contribution in [3.05, 3.63) is 24.2 Å². The van der Waals surface area contributed by atoms with Crippen molar-refractivity contribution >= 4 is 17.7 Å². The van der Waals surface area contributed by atoms with Crippen molar-refractivity contribution in [3.63, 3.8) is 0 Å². The van der Waals surface area contributed by atoms with Gasteiger partial charge in [-0.15, -0.1) is 0 Å². The van der Waals surface area contributed by atoms with Gasteiger partial charge in [0.15, 0.2) is 5.96 Å². The zero-order valence-electron chi connectivity index (χ0n) is 14.5. The van der Waals surface area contributed by atoms with Gasteiger partial charge in [0.1, 0.15) is 5.76 Å². The summed E-state index contributed by atoms with van der Waals surface area (Å²) in [5.74, 6) is 3.11. The second-order valence-corrected chi connectivity index (χ2v) is 6.30. The van der Waals surface area contributed by atoms with Crippen LogP contribution in [0.1, 0.15) is 31.4 Å². The highest BCUT2D eigenvalue weighted by atomic mass is 32.2. The van der Waals surface area contributed by atoms with Gasteiger partial charge in [0.25, 0.3) is 0 Å². The van der Waals surface area contributed by atoms with Crippen LogP contribution in [0.5, 0.6) is 0 Å². The maximum absolute atomic E-state index is 5.34. The molecule has 0 bridgehead atoms. The Morgan fingerprint density at radius 2 is 2.04 bits per heavy atom. The van der Waals surface area contributed by atoms with Crippen LogP contribution in [0, 0.1) is 0 Å². The number of rotatable bonds is 13. The van der Waals surface area contributed by atoms with Crippen molar-refractivity contribution in [2.75, 3.05) is 45.4 Å². The average molecular weight is 342 g/mol. The highest BCUT2D eigenvalue weighted by molar-refractivity contribution is 7.98. The maximum atomic E-state index is 5.34. The molecule has 0 aliphatic rings. The first-order valence-electron chi connectivity index (χ1n) is 8.39. The molecule has 0 spiro atoms. The zero-order valence-corrected chi connectivity index (χ0v) is 15.3. The van der Waals surface area contributed by atoms with Crippen LogP contribution < -0.4 is 10.6 Å². The largest absolute Gasteiger partial charge is 0.469 e. The SMILES string of the molecule is COCCNC(=NCCCCCCSC)NCCc1ccco1. The Morgan fingerprint density at radius 1 is 1.22 bits per heavy atom. The Morgan fingerprint density at radius 3 is 2.78 bits per heavy atom. The summed E-state index contributed by atoms with van der Waals surface area (Å²) in [6.07, 6.45) is 9.73. The molecule has 1 aromatic rings. The van der Waals surface area contributed by atoms with E-state index in [2.05, 4.69) is 21.9 Å². The number of nitrogens with one attached hydrogen (secondary N) is 2. The summed E-state index contributed by atoms with van der Waals surface area (Å²) in [4.78, 5) is 4.64. The number of ether oxygens (including phenoxy) is 1. The van der Waals surface area contributed by atoms with Crippen molar-refractivity contribution in [1.29, 1.82) is 0 Å². The number of hydrogen-bond acceptors (Lipinski definition) is 4. The Labute approximate surface area is 144 Å². The number of methoxy groups -OCH3 is 1. The van der Waals surface area contributed by atoms with Crippen LogP contribution in [0.3, 0.4) is 0 Å². The van der Waals surface area contributed by atoms with E-state index in [9.17, 15) is 0 Å². The van der Waals surface area contributed by atoms with Gasteiger partial charge in [-0.2, -0.15) is 11.8 Å². The molecule has 1 aromatic heterocycles. The molecule has 0 saturated heterocycles. The predicted molar refractivity (Wildman–Crippen MR) is 99.4 cm³/mol. The first-order chi connectivity index (χ1) is 11.4. The first kappa shape index (κ1) is 19.9.